The molecule has 0 saturated carbocycles. The second-order valence-electron chi connectivity index (χ2n) is 5.73. The molecule has 0 unspecified atom stereocenters. The molecular formula is C18H18FN3. The molecule has 4 rings (SSSR count). The van der Waals surface area contributed by atoms with Crippen LogP contribution in [0.2, 0.25) is 0 Å². The molecule has 0 amide bonds. The van der Waals surface area contributed by atoms with Crippen LogP contribution in [0.3, 0.4) is 0 Å². The van der Waals surface area contributed by atoms with Gasteiger partial charge >= 0.3 is 0 Å². The Morgan fingerprint density at radius 1 is 1.05 bits per heavy atom. The number of rotatable bonds is 2. The van der Waals surface area contributed by atoms with Gasteiger partial charge in [-0.3, -0.25) is 4.99 Å². The summed E-state index contributed by atoms with van der Waals surface area (Å²) in [5.41, 5.74) is 4.26. The number of amidine groups is 1. The standard InChI is InChI=1S/C18H18FN3/c19-15-6-3-7-16(17(15)18-20-9-10-21-18)22-11-8-13-4-1-2-5-14(13)12-22/h1-7H,8-12H2,(H,20,21). The normalized spacial score (nSPS) is 17.0. The van der Waals surface area contributed by atoms with Gasteiger partial charge in [-0.05, 0) is 29.7 Å². The Kier molecular flexibility index (Phi) is 3.29. The molecule has 0 aromatic heterocycles. The number of hydrogen-bond donors (Lipinski definition) is 1. The van der Waals surface area contributed by atoms with Crippen molar-refractivity contribution >= 4 is 11.5 Å². The Labute approximate surface area is 129 Å². The first-order valence-electron chi connectivity index (χ1n) is 7.72. The molecule has 0 bridgehead atoms. The fourth-order valence-electron chi connectivity index (χ4n) is 3.28. The molecule has 2 aromatic rings. The molecule has 0 saturated heterocycles. The van der Waals surface area contributed by atoms with Gasteiger partial charge < -0.3 is 10.2 Å². The van der Waals surface area contributed by atoms with Gasteiger partial charge in [-0.25, -0.2) is 4.39 Å². The first kappa shape index (κ1) is 13.3. The molecule has 0 fully saturated rings. The molecule has 2 aliphatic heterocycles. The van der Waals surface area contributed by atoms with Gasteiger partial charge in [0.25, 0.3) is 0 Å². The fraction of sp³-hybridized carbons (Fsp3) is 0.278. The monoisotopic (exact) mass is 295 g/mol. The van der Waals surface area contributed by atoms with Crippen molar-refractivity contribution < 1.29 is 4.39 Å². The van der Waals surface area contributed by atoms with Crippen molar-refractivity contribution in [2.24, 2.45) is 4.99 Å². The molecule has 22 heavy (non-hydrogen) atoms. The van der Waals surface area contributed by atoms with Crippen LogP contribution in [0.15, 0.2) is 47.5 Å². The van der Waals surface area contributed by atoms with Crippen LogP contribution < -0.4 is 10.2 Å². The highest BCUT2D eigenvalue weighted by molar-refractivity contribution is 6.04. The second-order valence-corrected chi connectivity index (χ2v) is 5.73. The van der Waals surface area contributed by atoms with E-state index in [4.69, 9.17) is 0 Å². The van der Waals surface area contributed by atoms with E-state index in [9.17, 15) is 4.39 Å². The van der Waals surface area contributed by atoms with Crippen molar-refractivity contribution in [3.8, 4) is 0 Å². The van der Waals surface area contributed by atoms with Crippen LogP contribution in [-0.4, -0.2) is 25.5 Å². The molecule has 0 spiro atoms. The van der Waals surface area contributed by atoms with Crippen LogP contribution in [0.25, 0.3) is 0 Å². The summed E-state index contributed by atoms with van der Waals surface area (Å²) in [5, 5.41) is 3.20. The van der Waals surface area contributed by atoms with Gasteiger partial charge in [-0.15, -0.1) is 0 Å². The molecule has 2 aromatic carbocycles. The van der Waals surface area contributed by atoms with Crippen molar-refractivity contribution in [2.45, 2.75) is 13.0 Å². The molecule has 0 aliphatic carbocycles. The Morgan fingerprint density at radius 2 is 1.91 bits per heavy atom. The average molecular weight is 295 g/mol. The van der Waals surface area contributed by atoms with Crippen molar-refractivity contribution in [2.75, 3.05) is 24.5 Å². The van der Waals surface area contributed by atoms with Crippen LogP contribution in [0.5, 0.6) is 0 Å². The predicted molar refractivity (Wildman–Crippen MR) is 87.0 cm³/mol. The summed E-state index contributed by atoms with van der Waals surface area (Å²) in [7, 11) is 0. The lowest BCUT2D eigenvalue weighted by atomic mass is 9.98. The van der Waals surface area contributed by atoms with Crippen LogP contribution >= 0.6 is 0 Å². The number of aliphatic imine (C=N–C) groups is 1. The Bertz CT molecular complexity index is 739. The quantitative estimate of drug-likeness (QED) is 0.922. The summed E-state index contributed by atoms with van der Waals surface area (Å²) in [6.07, 6.45) is 0.992. The Balaban J connectivity index is 1.73. The zero-order valence-corrected chi connectivity index (χ0v) is 12.3. The molecule has 0 atom stereocenters. The third-order valence-electron chi connectivity index (χ3n) is 4.37. The highest BCUT2D eigenvalue weighted by atomic mass is 19.1. The van der Waals surface area contributed by atoms with Gasteiger partial charge in [0.2, 0.25) is 0 Å². The van der Waals surface area contributed by atoms with E-state index in [2.05, 4.69) is 39.5 Å². The van der Waals surface area contributed by atoms with Gasteiger partial charge in [-0.2, -0.15) is 0 Å². The molecule has 3 nitrogen and oxygen atoms in total. The summed E-state index contributed by atoms with van der Waals surface area (Å²) >= 11 is 0. The molecule has 112 valence electrons. The predicted octanol–water partition coefficient (Wildman–Crippen LogP) is 2.74. The summed E-state index contributed by atoms with van der Waals surface area (Å²) < 4.78 is 14.4. The maximum Gasteiger partial charge on any atom is 0.136 e. The van der Waals surface area contributed by atoms with Gasteiger partial charge in [0.05, 0.1) is 17.8 Å². The van der Waals surface area contributed by atoms with Crippen molar-refractivity contribution in [1.29, 1.82) is 0 Å². The molecule has 2 aliphatic rings. The number of nitrogens with one attached hydrogen (secondary N) is 1. The lowest BCUT2D eigenvalue weighted by molar-refractivity contribution is 0.621. The van der Waals surface area contributed by atoms with Crippen molar-refractivity contribution in [3.05, 3.63) is 65.0 Å². The summed E-state index contributed by atoms with van der Waals surface area (Å²) in [6.45, 7) is 3.22. The van der Waals surface area contributed by atoms with E-state index in [1.165, 1.54) is 17.2 Å². The zero-order chi connectivity index (χ0) is 14.9. The van der Waals surface area contributed by atoms with E-state index in [0.29, 0.717) is 17.9 Å². The van der Waals surface area contributed by atoms with Crippen LogP contribution in [0.1, 0.15) is 16.7 Å². The smallest absolute Gasteiger partial charge is 0.136 e. The second kappa shape index (κ2) is 5.44. The van der Waals surface area contributed by atoms with E-state index in [1.807, 2.05) is 6.07 Å². The first-order valence-corrected chi connectivity index (χ1v) is 7.72. The highest BCUT2D eigenvalue weighted by Gasteiger charge is 2.23. The number of fused-ring (bicyclic) bond motifs is 1. The average Bonchev–Trinajstić information content (AvgIpc) is 3.08. The minimum absolute atomic E-state index is 0.204. The Hall–Kier alpha value is -2.36. The van der Waals surface area contributed by atoms with Gasteiger partial charge in [-0.1, -0.05) is 30.3 Å². The van der Waals surface area contributed by atoms with Crippen molar-refractivity contribution in [1.82, 2.24) is 5.32 Å². The largest absolute Gasteiger partial charge is 0.368 e. The van der Waals surface area contributed by atoms with Gasteiger partial charge in [0.15, 0.2) is 0 Å². The lowest BCUT2D eigenvalue weighted by Gasteiger charge is -2.32. The molecule has 2 heterocycles. The number of halogens is 1. The number of hydrogen-bond acceptors (Lipinski definition) is 3. The van der Waals surface area contributed by atoms with E-state index in [1.54, 1.807) is 6.07 Å². The number of benzene rings is 2. The topological polar surface area (TPSA) is 27.6 Å². The minimum atomic E-state index is -0.204. The summed E-state index contributed by atoms with van der Waals surface area (Å²) in [5.74, 6) is 0.483. The third-order valence-corrected chi connectivity index (χ3v) is 4.37. The minimum Gasteiger partial charge on any atom is -0.368 e. The van der Waals surface area contributed by atoms with E-state index in [0.717, 1.165) is 31.7 Å². The van der Waals surface area contributed by atoms with Crippen molar-refractivity contribution in [3.63, 3.8) is 0 Å². The van der Waals surface area contributed by atoms with Gasteiger partial charge in [0, 0.05) is 19.6 Å². The summed E-state index contributed by atoms with van der Waals surface area (Å²) in [4.78, 5) is 6.66. The van der Waals surface area contributed by atoms with Crippen LogP contribution in [0.4, 0.5) is 10.1 Å². The molecular weight excluding hydrogens is 277 g/mol. The molecule has 0 radical (unpaired) electrons. The van der Waals surface area contributed by atoms with Crippen LogP contribution in [-0.2, 0) is 13.0 Å². The zero-order valence-electron chi connectivity index (χ0n) is 12.3. The molecule has 4 heteroatoms. The molecule has 1 N–H and O–H groups in total. The third kappa shape index (κ3) is 2.25. The van der Waals surface area contributed by atoms with Gasteiger partial charge in [0.1, 0.15) is 11.7 Å². The SMILES string of the molecule is Fc1cccc(N2CCc3ccccc3C2)c1C1=NCCN1. The summed E-state index contributed by atoms with van der Waals surface area (Å²) in [6, 6.07) is 13.8. The van der Waals surface area contributed by atoms with Crippen LogP contribution in [0, 0.1) is 5.82 Å². The Morgan fingerprint density at radius 3 is 2.73 bits per heavy atom. The van der Waals surface area contributed by atoms with E-state index >= 15 is 0 Å². The fourth-order valence-corrected chi connectivity index (χ4v) is 3.28. The number of nitrogens with zero attached hydrogens (tertiary/aromatic N) is 2. The van der Waals surface area contributed by atoms with E-state index < -0.39 is 0 Å². The number of anilines is 1. The maximum absolute atomic E-state index is 14.4. The maximum atomic E-state index is 14.4. The van der Waals surface area contributed by atoms with E-state index in [-0.39, 0.29) is 5.82 Å². The lowest BCUT2D eigenvalue weighted by Crippen LogP contribution is -2.33. The first-order chi connectivity index (χ1) is 10.8. The highest BCUT2D eigenvalue weighted by Crippen LogP contribution is 2.29.